The van der Waals surface area contributed by atoms with E-state index in [1.54, 1.807) is 0 Å². The first-order valence-electron chi connectivity index (χ1n) is 14.9. The fourth-order valence-electron chi connectivity index (χ4n) is 8.15. The second-order valence-corrected chi connectivity index (χ2v) is 12.2. The molecule has 0 amide bonds. The van der Waals surface area contributed by atoms with Gasteiger partial charge in [-0.25, -0.2) is 0 Å². The first-order chi connectivity index (χ1) is 20.7. The molecule has 10 aromatic rings. The first-order valence-corrected chi connectivity index (χ1v) is 14.9. The van der Waals surface area contributed by atoms with E-state index in [4.69, 9.17) is 0 Å². The van der Waals surface area contributed by atoms with E-state index in [2.05, 4.69) is 135 Å². The van der Waals surface area contributed by atoms with Crippen molar-refractivity contribution in [1.29, 1.82) is 0 Å². The number of benzene rings is 8. The summed E-state index contributed by atoms with van der Waals surface area (Å²) < 4.78 is 0. The second-order valence-electron chi connectivity index (χ2n) is 12.2. The summed E-state index contributed by atoms with van der Waals surface area (Å²) >= 11 is 0. The Morgan fingerprint density at radius 1 is 0.310 bits per heavy atom. The van der Waals surface area contributed by atoms with Gasteiger partial charge in [0.2, 0.25) is 0 Å². The number of aryl methyl sites for hydroxylation is 2. The fourth-order valence-corrected chi connectivity index (χ4v) is 8.15. The van der Waals surface area contributed by atoms with Crippen LogP contribution in [0.5, 0.6) is 0 Å². The molecule has 0 unspecified atom stereocenters. The minimum atomic E-state index is 1.31. The van der Waals surface area contributed by atoms with Gasteiger partial charge in [-0.1, -0.05) is 91.0 Å². The Morgan fingerprint density at radius 3 is 1.43 bits per heavy atom. The van der Waals surface area contributed by atoms with E-state index >= 15 is 0 Å². The molecule has 0 atom stereocenters. The van der Waals surface area contributed by atoms with E-state index in [0.29, 0.717) is 0 Å². The van der Waals surface area contributed by atoms with Crippen LogP contribution >= 0.6 is 0 Å². The maximum Gasteiger partial charge on any atom is -0.00199 e. The molecule has 10 aromatic carbocycles. The summed E-state index contributed by atoms with van der Waals surface area (Å²) in [7, 11) is 0. The average molecular weight is 531 g/mol. The van der Waals surface area contributed by atoms with Gasteiger partial charge in [0.15, 0.2) is 0 Å². The van der Waals surface area contributed by atoms with Crippen LogP contribution in [0.3, 0.4) is 0 Å². The Bertz CT molecular complexity index is 2720. The molecule has 0 spiro atoms. The van der Waals surface area contributed by atoms with Gasteiger partial charge < -0.3 is 0 Å². The lowest BCUT2D eigenvalue weighted by molar-refractivity contribution is 1.39. The van der Waals surface area contributed by atoms with Gasteiger partial charge >= 0.3 is 0 Å². The molecule has 0 radical (unpaired) electrons. The molecule has 0 aromatic heterocycles. The van der Waals surface area contributed by atoms with E-state index in [9.17, 15) is 0 Å². The van der Waals surface area contributed by atoms with Crippen LogP contribution in [0.1, 0.15) is 11.1 Å². The van der Waals surface area contributed by atoms with Gasteiger partial charge in [-0.15, -0.1) is 0 Å². The molecule has 0 aliphatic heterocycles. The molecular formula is C42H26. The Labute approximate surface area is 243 Å². The van der Waals surface area contributed by atoms with Gasteiger partial charge in [0, 0.05) is 0 Å². The lowest BCUT2D eigenvalue weighted by Gasteiger charge is -2.13. The normalized spacial score (nSPS) is 12.5. The summed E-state index contributed by atoms with van der Waals surface area (Å²) in [4.78, 5) is 0. The third-order valence-electron chi connectivity index (χ3n) is 9.95. The monoisotopic (exact) mass is 530 g/mol. The zero-order valence-corrected chi connectivity index (χ0v) is 23.5. The summed E-state index contributed by atoms with van der Waals surface area (Å²) in [6, 6.07) is 46.0. The molecular weight excluding hydrogens is 504 g/mol. The lowest BCUT2D eigenvalue weighted by atomic mass is 9.91. The number of hydrogen-bond acceptors (Lipinski definition) is 0. The Balaban J connectivity index is 1.33. The van der Waals surface area contributed by atoms with Gasteiger partial charge in [0.25, 0.3) is 0 Å². The van der Waals surface area contributed by atoms with Crippen molar-refractivity contribution >= 4 is 86.2 Å². The molecule has 0 heterocycles. The van der Waals surface area contributed by atoms with Crippen molar-refractivity contribution in [2.75, 3.05) is 0 Å². The Kier molecular flexibility index (Phi) is 4.15. The predicted octanol–water partition coefficient (Wildman–Crippen LogP) is 12.1. The number of hydrogen-bond donors (Lipinski definition) is 0. The van der Waals surface area contributed by atoms with Gasteiger partial charge in [0.05, 0.1) is 0 Å². The summed E-state index contributed by atoms with van der Waals surface area (Å²) in [5.74, 6) is 0. The summed E-state index contributed by atoms with van der Waals surface area (Å²) in [5.41, 5.74) is 5.35. The zero-order chi connectivity index (χ0) is 27.7. The maximum atomic E-state index is 2.44. The standard InChI is InChI=1S/C42H26/c1-23-8-5-9-24(2)40(23)33-16-17-34-37-21-27-22-38-36(20-26(27)19-35(37)31-14-7-13-30(33)41(31)34)32-15-6-12-29-28-11-4-3-10-25(28)18-39(38)42(29)32/h3-22H,1-2H3. The Hall–Kier alpha value is -5.20. The molecule has 194 valence electrons. The highest BCUT2D eigenvalue weighted by atomic mass is 14.2. The average Bonchev–Trinajstić information content (AvgIpc) is 3.49. The minimum Gasteiger partial charge on any atom is -0.0617 e. The molecule has 0 fully saturated rings. The first kappa shape index (κ1) is 22.5. The highest BCUT2D eigenvalue weighted by Gasteiger charge is 2.19. The van der Waals surface area contributed by atoms with Crippen LogP contribution < -0.4 is 0 Å². The third-order valence-corrected chi connectivity index (χ3v) is 9.95. The van der Waals surface area contributed by atoms with Gasteiger partial charge in [-0.3, -0.25) is 0 Å². The quantitative estimate of drug-likeness (QED) is 0.185. The van der Waals surface area contributed by atoms with Gasteiger partial charge in [-0.05, 0) is 153 Å². The van der Waals surface area contributed by atoms with Gasteiger partial charge in [0.1, 0.15) is 0 Å². The van der Waals surface area contributed by atoms with Gasteiger partial charge in [-0.2, -0.15) is 0 Å². The van der Waals surface area contributed by atoms with Crippen molar-refractivity contribution in [3.8, 4) is 11.1 Å². The van der Waals surface area contributed by atoms with Crippen molar-refractivity contribution in [2.45, 2.75) is 13.8 Å². The van der Waals surface area contributed by atoms with E-state index < -0.39 is 0 Å². The molecule has 0 heteroatoms. The van der Waals surface area contributed by atoms with Crippen LogP contribution in [0.25, 0.3) is 97.3 Å². The SMILES string of the molecule is Cc1cccc(C)c1-c1ccc2c3cc4cc5c(cc4cc3c3cccc1c32)c1cccc2c3ccccc3cc5c21. The highest BCUT2D eigenvalue weighted by molar-refractivity contribution is 6.37. The zero-order valence-electron chi connectivity index (χ0n) is 23.5. The van der Waals surface area contributed by atoms with E-state index in [1.165, 1.54) is 108 Å². The topological polar surface area (TPSA) is 0 Å². The number of rotatable bonds is 1. The van der Waals surface area contributed by atoms with Crippen molar-refractivity contribution in [3.05, 3.63) is 132 Å². The predicted molar refractivity (Wildman–Crippen MR) is 184 cm³/mol. The largest absolute Gasteiger partial charge is 0.0617 e. The van der Waals surface area contributed by atoms with E-state index in [1.807, 2.05) is 0 Å². The van der Waals surface area contributed by atoms with Crippen LogP contribution in [0, 0.1) is 13.8 Å². The molecule has 0 aliphatic rings. The molecule has 0 bridgehead atoms. The van der Waals surface area contributed by atoms with Crippen LogP contribution in [-0.4, -0.2) is 0 Å². The van der Waals surface area contributed by atoms with Crippen molar-refractivity contribution in [2.24, 2.45) is 0 Å². The Morgan fingerprint density at radius 2 is 0.762 bits per heavy atom. The summed E-state index contributed by atoms with van der Waals surface area (Å²) in [6.07, 6.45) is 0. The van der Waals surface area contributed by atoms with Crippen molar-refractivity contribution in [1.82, 2.24) is 0 Å². The van der Waals surface area contributed by atoms with Crippen LogP contribution in [0.4, 0.5) is 0 Å². The number of fused-ring (bicyclic) bond motifs is 9. The molecule has 42 heavy (non-hydrogen) atoms. The third kappa shape index (κ3) is 2.72. The van der Waals surface area contributed by atoms with Crippen molar-refractivity contribution < 1.29 is 0 Å². The molecule has 0 saturated heterocycles. The fraction of sp³-hybridized carbons (Fsp3) is 0.0476. The van der Waals surface area contributed by atoms with E-state index in [0.717, 1.165) is 0 Å². The summed E-state index contributed by atoms with van der Waals surface area (Å²) in [6.45, 7) is 4.46. The van der Waals surface area contributed by atoms with Crippen molar-refractivity contribution in [3.63, 3.8) is 0 Å². The molecule has 10 rings (SSSR count). The smallest absolute Gasteiger partial charge is 0.00199 e. The minimum absolute atomic E-state index is 1.31. The van der Waals surface area contributed by atoms with Crippen LogP contribution in [-0.2, 0) is 0 Å². The molecule has 0 nitrogen and oxygen atoms in total. The van der Waals surface area contributed by atoms with E-state index in [-0.39, 0.29) is 0 Å². The molecule has 0 N–H and O–H groups in total. The second kappa shape index (κ2) is 7.75. The summed E-state index contributed by atoms with van der Waals surface area (Å²) in [5, 5.41) is 21.5. The maximum absolute atomic E-state index is 2.44. The van der Waals surface area contributed by atoms with Crippen LogP contribution in [0.15, 0.2) is 121 Å². The molecule has 0 saturated carbocycles. The highest BCUT2D eigenvalue weighted by Crippen LogP contribution is 2.47. The van der Waals surface area contributed by atoms with Crippen LogP contribution in [0.2, 0.25) is 0 Å². The molecule has 0 aliphatic carbocycles. The lowest BCUT2D eigenvalue weighted by Crippen LogP contribution is -1.89.